The summed E-state index contributed by atoms with van der Waals surface area (Å²) >= 11 is 1.62. The third-order valence-electron chi connectivity index (χ3n) is 3.65. The van der Waals surface area contributed by atoms with Gasteiger partial charge in [0.1, 0.15) is 11.2 Å². The van der Waals surface area contributed by atoms with E-state index < -0.39 is 0 Å². The number of pyridine rings is 1. The highest BCUT2D eigenvalue weighted by Gasteiger charge is 2.17. The molecular formula is C16H14N6S. The number of rotatable bonds is 3. The van der Waals surface area contributed by atoms with Crippen molar-refractivity contribution in [1.82, 2.24) is 24.5 Å². The number of nitrogens with zero attached hydrogens (tertiary/aromatic N) is 5. The van der Waals surface area contributed by atoms with Crippen LogP contribution in [0.4, 0.5) is 5.82 Å². The molecule has 114 valence electrons. The molecule has 0 aromatic carbocycles. The van der Waals surface area contributed by atoms with Crippen molar-refractivity contribution in [3.05, 3.63) is 42.2 Å². The summed E-state index contributed by atoms with van der Waals surface area (Å²) in [5.74, 6) is 1.10. The van der Waals surface area contributed by atoms with Gasteiger partial charge < -0.3 is 10.3 Å². The van der Waals surface area contributed by atoms with Gasteiger partial charge in [0.05, 0.1) is 28.5 Å². The Balaban J connectivity index is 1.95. The Labute approximate surface area is 136 Å². The van der Waals surface area contributed by atoms with Gasteiger partial charge in [0, 0.05) is 12.7 Å². The summed E-state index contributed by atoms with van der Waals surface area (Å²) in [6, 6.07) is 5.95. The molecular weight excluding hydrogens is 308 g/mol. The molecule has 0 bridgehead atoms. The second kappa shape index (κ2) is 5.44. The first-order chi connectivity index (χ1) is 11.3. The Morgan fingerprint density at radius 3 is 2.91 bits per heavy atom. The zero-order valence-electron chi connectivity index (χ0n) is 12.5. The molecule has 4 heterocycles. The third kappa shape index (κ3) is 2.25. The molecule has 0 amide bonds. The molecule has 0 aliphatic heterocycles. The number of fused-ring (bicyclic) bond motifs is 1. The van der Waals surface area contributed by atoms with Gasteiger partial charge in [0.25, 0.3) is 0 Å². The maximum atomic E-state index is 6.08. The van der Waals surface area contributed by atoms with Gasteiger partial charge in [-0.2, -0.15) is 0 Å². The topological polar surface area (TPSA) is 82.5 Å². The summed E-state index contributed by atoms with van der Waals surface area (Å²) in [5, 5.41) is 2.01. The summed E-state index contributed by atoms with van der Waals surface area (Å²) in [6.45, 7) is 2.83. The number of hydrogen-bond donors (Lipinski definition) is 1. The molecule has 23 heavy (non-hydrogen) atoms. The van der Waals surface area contributed by atoms with E-state index in [9.17, 15) is 0 Å². The van der Waals surface area contributed by atoms with Crippen LogP contribution in [0.25, 0.3) is 33.1 Å². The van der Waals surface area contributed by atoms with Gasteiger partial charge >= 0.3 is 0 Å². The van der Waals surface area contributed by atoms with Gasteiger partial charge in [0.15, 0.2) is 11.6 Å². The van der Waals surface area contributed by atoms with E-state index >= 15 is 0 Å². The molecule has 0 saturated carbocycles. The lowest BCUT2D eigenvalue weighted by atomic mass is 10.3. The maximum absolute atomic E-state index is 6.08. The number of thiophene rings is 1. The zero-order chi connectivity index (χ0) is 15.8. The third-order valence-corrected chi connectivity index (χ3v) is 4.55. The van der Waals surface area contributed by atoms with Gasteiger partial charge in [-0.15, -0.1) is 11.3 Å². The summed E-state index contributed by atoms with van der Waals surface area (Å²) < 4.78 is 2.08. The minimum Gasteiger partial charge on any atom is -0.382 e. The molecule has 0 fully saturated rings. The summed E-state index contributed by atoms with van der Waals surface area (Å²) in [5.41, 5.74) is 9.33. The number of anilines is 1. The molecule has 0 saturated heterocycles. The quantitative estimate of drug-likeness (QED) is 0.626. The number of aromatic nitrogens is 5. The molecule has 2 N–H and O–H groups in total. The van der Waals surface area contributed by atoms with Crippen molar-refractivity contribution < 1.29 is 0 Å². The van der Waals surface area contributed by atoms with Crippen molar-refractivity contribution in [2.45, 2.75) is 13.5 Å². The van der Waals surface area contributed by atoms with E-state index in [0.29, 0.717) is 11.5 Å². The maximum Gasteiger partial charge on any atom is 0.163 e. The fourth-order valence-electron chi connectivity index (χ4n) is 2.59. The van der Waals surface area contributed by atoms with Crippen LogP contribution in [0.15, 0.2) is 42.2 Å². The first-order valence-corrected chi connectivity index (χ1v) is 8.13. The van der Waals surface area contributed by atoms with Crippen molar-refractivity contribution in [3.63, 3.8) is 0 Å². The molecule has 0 unspecified atom stereocenters. The van der Waals surface area contributed by atoms with Crippen LogP contribution < -0.4 is 5.73 Å². The molecule has 4 rings (SSSR count). The minimum absolute atomic E-state index is 0.378. The lowest BCUT2D eigenvalue weighted by molar-refractivity contribution is 0.793. The van der Waals surface area contributed by atoms with Crippen molar-refractivity contribution >= 4 is 28.2 Å². The Bertz CT molecular complexity index is 974. The monoisotopic (exact) mass is 322 g/mol. The van der Waals surface area contributed by atoms with Gasteiger partial charge in [-0.3, -0.25) is 4.98 Å². The van der Waals surface area contributed by atoms with E-state index in [2.05, 4.69) is 26.4 Å². The zero-order valence-corrected chi connectivity index (χ0v) is 13.3. The van der Waals surface area contributed by atoms with Crippen LogP contribution in [0.3, 0.4) is 0 Å². The van der Waals surface area contributed by atoms with Crippen molar-refractivity contribution in [1.29, 1.82) is 0 Å². The molecule has 4 aromatic rings. The molecule has 0 aliphatic carbocycles. The van der Waals surface area contributed by atoms with Crippen molar-refractivity contribution in [2.75, 3.05) is 5.73 Å². The predicted molar refractivity (Wildman–Crippen MR) is 92.0 cm³/mol. The highest BCUT2D eigenvalue weighted by molar-refractivity contribution is 7.13. The van der Waals surface area contributed by atoms with Crippen LogP contribution in [0.1, 0.15) is 6.92 Å². The highest BCUT2D eigenvalue weighted by Crippen LogP contribution is 2.29. The van der Waals surface area contributed by atoms with Crippen LogP contribution >= 0.6 is 11.3 Å². The summed E-state index contributed by atoms with van der Waals surface area (Å²) in [6.07, 6.45) is 5.21. The van der Waals surface area contributed by atoms with Gasteiger partial charge in [-0.05, 0) is 24.4 Å². The fraction of sp³-hybridized carbons (Fsp3) is 0.125. The Morgan fingerprint density at radius 2 is 2.13 bits per heavy atom. The van der Waals surface area contributed by atoms with E-state index in [1.165, 1.54) is 0 Å². The second-order valence-electron chi connectivity index (χ2n) is 5.01. The number of aryl methyl sites for hydroxylation is 1. The first kappa shape index (κ1) is 13.8. The van der Waals surface area contributed by atoms with E-state index in [4.69, 9.17) is 10.7 Å². The summed E-state index contributed by atoms with van der Waals surface area (Å²) in [7, 11) is 0. The average Bonchev–Trinajstić information content (AvgIpc) is 3.22. The SMILES string of the molecule is CCn1c(-c2nc(-c3cccs3)cnc2N)nc2cnccc21. The average molecular weight is 322 g/mol. The fourth-order valence-corrected chi connectivity index (χ4v) is 3.27. The van der Waals surface area contributed by atoms with E-state index in [0.717, 1.165) is 34.0 Å². The van der Waals surface area contributed by atoms with Crippen LogP contribution in [-0.2, 0) is 6.54 Å². The molecule has 0 aliphatic rings. The Morgan fingerprint density at radius 1 is 1.22 bits per heavy atom. The van der Waals surface area contributed by atoms with E-state index in [1.807, 2.05) is 23.6 Å². The highest BCUT2D eigenvalue weighted by atomic mass is 32.1. The smallest absolute Gasteiger partial charge is 0.163 e. The van der Waals surface area contributed by atoms with Crippen LogP contribution in [0.5, 0.6) is 0 Å². The van der Waals surface area contributed by atoms with Gasteiger partial charge in [-0.1, -0.05) is 6.07 Å². The van der Waals surface area contributed by atoms with E-state index in [1.54, 1.807) is 29.9 Å². The minimum atomic E-state index is 0.378. The standard InChI is InChI=1S/C16H14N6S/c1-2-22-12-5-6-18-8-10(12)21-16(22)14-15(17)19-9-11(20-14)13-4-3-7-23-13/h3-9H,2H2,1H3,(H2,17,19). The molecule has 0 atom stereocenters. The normalized spacial score (nSPS) is 11.2. The molecule has 7 heteroatoms. The predicted octanol–water partition coefficient (Wildman–Crippen LogP) is 3.22. The number of nitrogens with two attached hydrogens (primary N) is 1. The van der Waals surface area contributed by atoms with Crippen LogP contribution in [0, 0.1) is 0 Å². The lowest BCUT2D eigenvalue weighted by Gasteiger charge is -2.08. The van der Waals surface area contributed by atoms with Gasteiger partial charge in [-0.25, -0.2) is 15.0 Å². The largest absolute Gasteiger partial charge is 0.382 e. The lowest BCUT2D eigenvalue weighted by Crippen LogP contribution is -2.04. The van der Waals surface area contributed by atoms with Crippen molar-refractivity contribution in [3.8, 4) is 22.1 Å². The first-order valence-electron chi connectivity index (χ1n) is 7.25. The number of hydrogen-bond acceptors (Lipinski definition) is 6. The molecule has 0 radical (unpaired) electrons. The second-order valence-corrected chi connectivity index (χ2v) is 5.96. The van der Waals surface area contributed by atoms with Gasteiger partial charge in [0.2, 0.25) is 0 Å². The van der Waals surface area contributed by atoms with E-state index in [-0.39, 0.29) is 0 Å². The Kier molecular flexibility index (Phi) is 3.27. The molecule has 6 nitrogen and oxygen atoms in total. The molecule has 4 aromatic heterocycles. The van der Waals surface area contributed by atoms with Crippen LogP contribution in [0.2, 0.25) is 0 Å². The summed E-state index contributed by atoms with van der Waals surface area (Å²) in [4.78, 5) is 18.9. The molecule has 0 spiro atoms. The number of nitrogen functional groups attached to an aromatic ring is 1. The van der Waals surface area contributed by atoms with Crippen molar-refractivity contribution in [2.24, 2.45) is 0 Å². The van der Waals surface area contributed by atoms with Crippen LogP contribution in [-0.4, -0.2) is 24.5 Å². The Hall–Kier alpha value is -2.80. The number of imidazole rings is 1.